The van der Waals surface area contributed by atoms with Crippen LogP contribution in [0.4, 0.5) is 11.8 Å². The van der Waals surface area contributed by atoms with Crippen LogP contribution in [0.3, 0.4) is 0 Å². The summed E-state index contributed by atoms with van der Waals surface area (Å²) >= 11 is 0. The lowest BCUT2D eigenvalue weighted by Crippen LogP contribution is -2.37. The summed E-state index contributed by atoms with van der Waals surface area (Å²) in [5, 5.41) is 3.42. The highest BCUT2D eigenvalue weighted by Gasteiger charge is 2.29. The molecule has 4 rings (SSSR count). The molecule has 2 aromatic heterocycles. The number of rotatable bonds is 5. The van der Waals surface area contributed by atoms with Gasteiger partial charge in [0.25, 0.3) is 5.95 Å². The third kappa shape index (κ3) is 2.41. The van der Waals surface area contributed by atoms with Gasteiger partial charge in [-0.15, -0.1) is 0 Å². The van der Waals surface area contributed by atoms with Gasteiger partial charge in [-0.05, 0) is 19.3 Å². The third-order valence-corrected chi connectivity index (χ3v) is 4.31. The smallest absolute Gasteiger partial charge is 0.310 e. The standard InChI is InChI=1S/C15H20N6O/c1-22-7-9-2-5-11(6-9)21-8-17-12-13(18-10-3-4-10)19-15(16)20-14(12)21/h2,5,8-11H,3-4,6-7H2,1H3,(H3,16,18,19,20)/p+1. The molecule has 2 heterocycles. The zero-order chi connectivity index (χ0) is 15.1. The highest BCUT2D eigenvalue weighted by molar-refractivity contribution is 5.81. The molecular formula is C15H21N6O+. The van der Waals surface area contributed by atoms with Gasteiger partial charge in [0, 0.05) is 19.1 Å². The fourth-order valence-corrected chi connectivity index (χ4v) is 3.06. The average Bonchev–Trinajstić information content (AvgIpc) is 3.02. The molecular weight excluding hydrogens is 280 g/mol. The van der Waals surface area contributed by atoms with Crippen molar-refractivity contribution in [3.63, 3.8) is 0 Å². The number of nitrogens with one attached hydrogen (secondary N) is 2. The summed E-state index contributed by atoms with van der Waals surface area (Å²) in [6.45, 7) is 0.752. The molecule has 2 unspecified atom stereocenters. The van der Waals surface area contributed by atoms with E-state index in [0.29, 0.717) is 17.9 Å². The maximum Gasteiger partial charge on any atom is 0.310 e. The number of methoxy groups -OCH3 is 1. The van der Waals surface area contributed by atoms with Crippen LogP contribution < -0.4 is 15.6 Å². The predicted molar refractivity (Wildman–Crippen MR) is 83.3 cm³/mol. The lowest BCUT2D eigenvalue weighted by atomic mass is 10.1. The topological polar surface area (TPSA) is 92.7 Å². The predicted octanol–water partition coefficient (Wildman–Crippen LogP) is 1.17. The lowest BCUT2D eigenvalue weighted by Gasteiger charge is -2.09. The molecule has 0 saturated heterocycles. The number of hydrogen-bond donors (Lipinski definition) is 3. The monoisotopic (exact) mass is 301 g/mol. The van der Waals surface area contributed by atoms with E-state index in [1.807, 2.05) is 6.33 Å². The number of aromatic amines is 1. The second-order valence-corrected chi connectivity index (χ2v) is 6.13. The minimum atomic E-state index is 0.275. The number of hydrogen-bond acceptors (Lipinski definition) is 5. The number of fused-ring (bicyclic) bond motifs is 1. The summed E-state index contributed by atoms with van der Waals surface area (Å²) in [5.74, 6) is 1.56. The van der Waals surface area contributed by atoms with E-state index in [1.165, 1.54) is 12.8 Å². The van der Waals surface area contributed by atoms with Crippen LogP contribution in [0.1, 0.15) is 25.3 Å². The van der Waals surface area contributed by atoms with Crippen LogP contribution in [0.15, 0.2) is 18.5 Å². The minimum Gasteiger partial charge on any atom is -0.384 e. The van der Waals surface area contributed by atoms with Crippen LogP contribution >= 0.6 is 0 Å². The molecule has 0 spiro atoms. The molecule has 0 radical (unpaired) electrons. The van der Waals surface area contributed by atoms with Crippen molar-refractivity contribution < 1.29 is 9.30 Å². The number of H-pyrrole nitrogens is 1. The van der Waals surface area contributed by atoms with Crippen molar-refractivity contribution in [2.75, 3.05) is 24.8 Å². The first kappa shape index (κ1) is 13.5. The zero-order valence-corrected chi connectivity index (χ0v) is 12.6. The number of nitrogens with zero attached hydrogens (tertiary/aromatic N) is 3. The van der Waals surface area contributed by atoms with Crippen LogP contribution in [0.2, 0.25) is 0 Å². The molecule has 2 aliphatic rings. The van der Waals surface area contributed by atoms with Crippen molar-refractivity contribution in [3.05, 3.63) is 18.5 Å². The van der Waals surface area contributed by atoms with Crippen molar-refractivity contribution >= 4 is 22.9 Å². The lowest BCUT2D eigenvalue weighted by molar-refractivity contribution is -0.689. The molecule has 7 nitrogen and oxygen atoms in total. The van der Waals surface area contributed by atoms with E-state index in [4.69, 9.17) is 10.5 Å². The number of anilines is 2. The molecule has 116 valence electrons. The van der Waals surface area contributed by atoms with Gasteiger partial charge in [0.15, 0.2) is 12.1 Å². The maximum atomic E-state index is 5.90. The van der Waals surface area contributed by atoms with Gasteiger partial charge >= 0.3 is 5.65 Å². The molecule has 22 heavy (non-hydrogen) atoms. The molecule has 2 aliphatic carbocycles. The Balaban J connectivity index is 1.67. The summed E-state index contributed by atoms with van der Waals surface area (Å²) in [7, 11) is 1.74. The van der Waals surface area contributed by atoms with E-state index in [2.05, 4.69) is 37.0 Å². The number of nitrogens with two attached hydrogens (primary N) is 1. The second kappa shape index (κ2) is 5.24. The summed E-state index contributed by atoms with van der Waals surface area (Å²) in [6, 6.07) is 0.795. The first-order valence-electron chi connectivity index (χ1n) is 7.74. The van der Waals surface area contributed by atoms with Gasteiger partial charge in [0.05, 0.1) is 6.61 Å². The van der Waals surface area contributed by atoms with Crippen molar-refractivity contribution in [3.8, 4) is 0 Å². The Morgan fingerprint density at radius 3 is 3.05 bits per heavy atom. The number of allylic oxidation sites excluding steroid dienone is 1. The zero-order valence-electron chi connectivity index (χ0n) is 12.6. The van der Waals surface area contributed by atoms with E-state index in [1.54, 1.807) is 7.11 Å². The molecule has 0 aromatic carbocycles. The molecule has 0 bridgehead atoms. The van der Waals surface area contributed by atoms with Gasteiger partial charge in [-0.3, -0.25) is 4.98 Å². The first-order chi connectivity index (χ1) is 10.7. The fourth-order valence-electron chi connectivity index (χ4n) is 3.06. The SMILES string of the molecule is COCC1C=CC([n+]2c[nH]c3c(NC4CC4)nc(N)nc32)C1. The van der Waals surface area contributed by atoms with Crippen molar-refractivity contribution in [1.29, 1.82) is 0 Å². The van der Waals surface area contributed by atoms with Gasteiger partial charge in [0.2, 0.25) is 5.52 Å². The van der Waals surface area contributed by atoms with Gasteiger partial charge in [-0.2, -0.15) is 4.98 Å². The Kier molecular flexibility index (Phi) is 3.22. The van der Waals surface area contributed by atoms with Crippen molar-refractivity contribution in [1.82, 2.24) is 15.0 Å². The Morgan fingerprint density at radius 2 is 2.27 bits per heavy atom. The van der Waals surface area contributed by atoms with E-state index in [9.17, 15) is 0 Å². The molecule has 2 aromatic rings. The number of imidazole rings is 1. The Bertz CT molecular complexity index is 720. The van der Waals surface area contributed by atoms with E-state index in [-0.39, 0.29) is 6.04 Å². The maximum absolute atomic E-state index is 5.90. The molecule has 0 aliphatic heterocycles. The van der Waals surface area contributed by atoms with Crippen molar-refractivity contribution in [2.24, 2.45) is 5.92 Å². The molecule has 4 N–H and O–H groups in total. The Hall–Kier alpha value is -2.15. The third-order valence-electron chi connectivity index (χ3n) is 4.31. The largest absolute Gasteiger partial charge is 0.384 e. The van der Waals surface area contributed by atoms with Gasteiger partial charge in [-0.1, -0.05) is 17.1 Å². The fraction of sp³-hybridized carbons (Fsp3) is 0.533. The van der Waals surface area contributed by atoms with Crippen LogP contribution in [0, 0.1) is 5.92 Å². The van der Waals surface area contributed by atoms with Gasteiger partial charge in [0.1, 0.15) is 6.04 Å². The molecule has 0 amide bonds. The molecule has 7 heteroatoms. The quantitative estimate of drug-likeness (QED) is 0.569. The van der Waals surface area contributed by atoms with Crippen LogP contribution in [0.5, 0.6) is 0 Å². The summed E-state index contributed by atoms with van der Waals surface area (Å²) in [5.41, 5.74) is 7.67. The Morgan fingerprint density at radius 1 is 1.41 bits per heavy atom. The second-order valence-electron chi connectivity index (χ2n) is 6.13. The van der Waals surface area contributed by atoms with Crippen LogP contribution in [0.25, 0.3) is 11.2 Å². The highest BCUT2D eigenvalue weighted by Crippen LogP contribution is 2.29. The summed E-state index contributed by atoms with van der Waals surface area (Å²) in [6.07, 6.45) is 9.78. The molecule has 2 atom stereocenters. The van der Waals surface area contributed by atoms with Gasteiger partial charge in [-0.25, -0.2) is 4.57 Å². The molecule has 1 saturated carbocycles. The summed E-state index contributed by atoms with van der Waals surface area (Å²) in [4.78, 5) is 12.1. The van der Waals surface area contributed by atoms with Crippen molar-refractivity contribution in [2.45, 2.75) is 31.3 Å². The normalized spacial score (nSPS) is 24.2. The Labute approximate surface area is 128 Å². The average molecular weight is 301 g/mol. The van der Waals surface area contributed by atoms with Crippen LogP contribution in [-0.2, 0) is 4.74 Å². The van der Waals surface area contributed by atoms with E-state index < -0.39 is 0 Å². The van der Waals surface area contributed by atoms with E-state index >= 15 is 0 Å². The highest BCUT2D eigenvalue weighted by atomic mass is 16.5. The van der Waals surface area contributed by atoms with E-state index in [0.717, 1.165) is 30.0 Å². The molecule has 1 fully saturated rings. The first-order valence-corrected chi connectivity index (χ1v) is 7.74. The number of ether oxygens (including phenoxy) is 1. The van der Waals surface area contributed by atoms with Crippen LogP contribution in [-0.4, -0.2) is 34.7 Å². The minimum absolute atomic E-state index is 0.275. The number of nitrogen functional groups attached to an aromatic ring is 1. The number of aromatic nitrogens is 4. The van der Waals surface area contributed by atoms with Gasteiger partial charge < -0.3 is 15.8 Å². The summed E-state index contributed by atoms with van der Waals surface area (Å²) < 4.78 is 7.38.